The van der Waals surface area contributed by atoms with Gasteiger partial charge < -0.3 is 4.90 Å². The highest BCUT2D eigenvalue weighted by molar-refractivity contribution is 9.09. The molecule has 3 amide bonds. The van der Waals surface area contributed by atoms with Gasteiger partial charge in [-0.2, -0.15) is 11.8 Å². The molecule has 8 heteroatoms. The second-order valence-electron chi connectivity index (χ2n) is 8.35. The van der Waals surface area contributed by atoms with E-state index < -0.39 is 17.4 Å². The number of rotatable bonds is 6. The number of anilines is 2. The minimum absolute atomic E-state index is 0.143. The Morgan fingerprint density at radius 1 is 1.03 bits per heavy atom. The SMILES string of the molecule is CSCC[C@H]1N[C@]2(C(=O)N(CCBr)c3ccccc32)[C@@H]2C(=O)N(c3ccccc3)C(=O)[C@H]21. The largest absolute Gasteiger partial charge is 0.309 e. The Balaban J connectivity index is 1.67. The van der Waals surface area contributed by atoms with E-state index in [0.29, 0.717) is 24.0 Å². The number of carbonyl (C=O) groups excluding carboxylic acids is 3. The summed E-state index contributed by atoms with van der Waals surface area (Å²) in [6.45, 7) is 0.497. The van der Waals surface area contributed by atoms with Gasteiger partial charge in [0.15, 0.2) is 0 Å². The number of nitrogens with zero attached hydrogens (tertiary/aromatic N) is 2. The molecule has 1 N–H and O–H groups in total. The summed E-state index contributed by atoms with van der Waals surface area (Å²) in [7, 11) is 0. The molecule has 2 aromatic rings. The van der Waals surface area contributed by atoms with Crippen LogP contribution in [0.25, 0.3) is 0 Å². The van der Waals surface area contributed by atoms with Crippen molar-refractivity contribution < 1.29 is 14.4 Å². The van der Waals surface area contributed by atoms with Crippen molar-refractivity contribution in [3.63, 3.8) is 0 Å². The first-order valence-electron chi connectivity index (χ1n) is 10.7. The minimum Gasteiger partial charge on any atom is -0.309 e. The van der Waals surface area contributed by atoms with Crippen molar-refractivity contribution in [2.24, 2.45) is 11.8 Å². The van der Waals surface area contributed by atoms with Gasteiger partial charge in [-0.3, -0.25) is 19.7 Å². The second kappa shape index (κ2) is 8.32. The summed E-state index contributed by atoms with van der Waals surface area (Å²) < 4.78 is 0. The van der Waals surface area contributed by atoms with Crippen LogP contribution in [0.5, 0.6) is 0 Å². The van der Waals surface area contributed by atoms with Crippen LogP contribution in [0.3, 0.4) is 0 Å². The molecule has 5 rings (SSSR count). The lowest BCUT2D eigenvalue weighted by molar-refractivity contribution is -0.132. The molecule has 0 aliphatic carbocycles. The van der Waals surface area contributed by atoms with E-state index in [-0.39, 0.29) is 23.8 Å². The number of alkyl halides is 1. The van der Waals surface area contributed by atoms with Crippen molar-refractivity contribution >= 4 is 56.8 Å². The number of hydrogen-bond acceptors (Lipinski definition) is 5. The van der Waals surface area contributed by atoms with Gasteiger partial charge in [-0.15, -0.1) is 0 Å². The number of carbonyl (C=O) groups is 3. The first kappa shape index (κ1) is 21.7. The van der Waals surface area contributed by atoms with Crippen molar-refractivity contribution in [3.05, 3.63) is 60.2 Å². The molecule has 32 heavy (non-hydrogen) atoms. The number of benzene rings is 2. The van der Waals surface area contributed by atoms with E-state index in [9.17, 15) is 14.4 Å². The lowest BCUT2D eigenvalue weighted by atomic mass is 9.76. The number of hydrogen-bond donors (Lipinski definition) is 1. The Morgan fingerprint density at radius 3 is 2.47 bits per heavy atom. The van der Waals surface area contributed by atoms with Crippen LogP contribution in [0.1, 0.15) is 12.0 Å². The predicted octanol–water partition coefficient (Wildman–Crippen LogP) is 3.15. The molecule has 3 heterocycles. The van der Waals surface area contributed by atoms with Crippen LogP contribution in [-0.4, -0.2) is 47.6 Å². The van der Waals surface area contributed by atoms with Crippen LogP contribution in [0.4, 0.5) is 11.4 Å². The summed E-state index contributed by atoms with van der Waals surface area (Å²) in [5.74, 6) is -1.16. The fraction of sp³-hybridized carbons (Fsp3) is 0.375. The summed E-state index contributed by atoms with van der Waals surface area (Å²) >= 11 is 5.15. The van der Waals surface area contributed by atoms with Crippen LogP contribution in [-0.2, 0) is 19.9 Å². The van der Waals surface area contributed by atoms with Crippen molar-refractivity contribution in [2.45, 2.75) is 18.0 Å². The Kier molecular flexibility index (Phi) is 5.63. The highest BCUT2D eigenvalue weighted by atomic mass is 79.9. The first-order chi connectivity index (χ1) is 15.6. The van der Waals surface area contributed by atoms with Gasteiger partial charge in [0, 0.05) is 29.2 Å². The average molecular weight is 514 g/mol. The number of halogens is 1. The molecule has 1 spiro atoms. The molecular weight excluding hydrogens is 490 g/mol. The van der Waals surface area contributed by atoms with E-state index in [1.54, 1.807) is 28.8 Å². The Bertz CT molecular complexity index is 1080. The van der Waals surface area contributed by atoms with Crippen LogP contribution in [0, 0.1) is 11.8 Å². The summed E-state index contributed by atoms with van der Waals surface area (Å²) in [6.07, 6.45) is 2.73. The molecule has 4 atom stereocenters. The fourth-order valence-corrected chi connectivity index (χ4v) is 6.42. The summed E-state index contributed by atoms with van der Waals surface area (Å²) in [4.78, 5) is 44.6. The summed E-state index contributed by atoms with van der Waals surface area (Å²) in [5, 5.41) is 4.16. The topological polar surface area (TPSA) is 69.7 Å². The van der Waals surface area contributed by atoms with Gasteiger partial charge in [0.25, 0.3) is 5.91 Å². The number of nitrogens with one attached hydrogen (secondary N) is 1. The predicted molar refractivity (Wildman–Crippen MR) is 130 cm³/mol. The fourth-order valence-electron chi connectivity index (χ4n) is 5.58. The Hall–Kier alpha value is -2.16. The molecule has 0 saturated carbocycles. The van der Waals surface area contributed by atoms with Crippen LogP contribution in [0.2, 0.25) is 0 Å². The smallest absolute Gasteiger partial charge is 0.252 e. The van der Waals surface area contributed by atoms with Crippen LogP contribution < -0.4 is 15.1 Å². The third-order valence-corrected chi connectivity index (χ3v) is 7.82. The van der Waals surface area contributed by atoms with E-state index in [1.807, 2.05) is 48.7 Å². The summed E-state index contributed by atoms with van der Waals surface area (Å²) in [6, 6.07) is 16.4. The lowest BCUT2D eigenvalue weighted by Crippen LogP contribution is -2.55. The number of fused-ring (bicyclic) bond motifs is 4. The van der Waals surface area contributed by atoms with Crippen molar-refractivity contribution in [2.75, 3.05) is 33.7 Å². The number of para-hydroxylation sites is 2. The molecule has 0 aromatic heterocycles. The maximum Gasteiger partial charge on any atom is 0.252 e. The van der Waals surface area contributed by atoms with Crippen molar-refractivity contribution in [3.8, 4) is 0 Å². The average Bonchev–Trinajstić information content (AvgIpc) is 3.38. The van der Waals surface area contributed by atoms with Crippen LogP contribution in [0.15, 0.2) is 54.6 Å². The lowest BCUT2D eigenvalue weighted by Gasteiger charge is -2.30. The minimum atomic E-state index is -1.22. The van der Waals surface area contributed by atoms with E-state index in [1.165, 1.54) is 4.90 Å². The molecule has 0 radical (unpaired) electrons. The number of imide groups is 1. The number of amides is 3. The first-order valence-corrected chi connectivity index (χ1v) is 13.2. The highest BCUT2D eigenvalue weighted by Crippen LogP contribution is 2.55. The molecule has 0 bridgehead atoms. The van der Waals surface area contributed by atoms with Gasteiger partial charge in [0.1, 0.15) is 5.54 Å². The molecular formula is C24H24BrN3O3S. The van der Waals surface area contributed by atoms with Crippen molar-refractivity contribution in [1.82, 2.24) is 5.32 Å². The van der Waals surface area contributed by atoms with Gasteiger partial charge in [-0.25, -0.2) is 4.90 Å². The molecule has 6 nitrogen and oxygen atoms in total. The quantitative estimate of drug-likeness (QED) is 0.474. The Labute approximate surface area is 199 Å². The molecule has 2 fully saturated rings. The third-order valence-electron chi connectivity index (χ3n) is 6.82. The molecule has 0 unspecified atom stereocenters. The molecule has 3 aliphatic heterocycles. The van der Waals surface area contributed by atoms with Gasteiger partial charge in [0.05, 0.1) is 17.5 Å². The van der Waals surface area contributed by atoms with Crippen molar-refractivity contribution in [1.29, 1.82) is 0 Å². The van der Waals surface area contributed by atoms with E-state index >= 15 is 0 Å². The Morgan fingerprint density at radius 2 is 1.75 bits per heavy atom. The monoisotopic (exact) mass is 513 g/mol. The summed E-state index contributed by atoms with van der Waals surface area (Å²) in [5.41, 5.74) is 0.950. The third kappa shape index (κ3) is 2.92. The van der Waals surface area contributed by atoms with Gasteiger partial charge in [0.2, 0.25) is 11.8 Å². The normalized spacial score (nSPS) is 28.7. The standard InChI is InChI=1S/C24H24BrN3O3S/c1-32-14-11-17-19-20(22(30)28(21(19)29)15-7-3-2-4-8-15)24(26-17)16-9-5-6-10-18(16)27(13-12-25)23(24)31/h2-10,17,19-20,26H,11-14H2,1H3/t17-,19+,20+,24+/m1/s1. The maximum atomic E-state index is 14.0. The highest BCUT2D eigenvalue weighted by Gasteiger charge is 2.71. The molecule has 2 aromatic carbocycles. The van der Waals surface area contributed by atoms with Gasteiger partial charge in [-0.1, -0.05) is 52.3 Å². The zero-order chi connectivity index (χ0) is 22.5. The second-order valence-corrected chi connectivity index (χ2v) is 10.1. The van der Waals surface area contributed by atoms with Gasteiger partial charge in [-0.05, 0) is 36.6 Å². The van der Waals surface area contributed by atoms with Crippen LogP contribution >= 0.6 is 27.7 Å². The number of thioether (sulfide) groups is 1. The molecule has 2 saturated heterocycles. The maximum absolute atomic E-state index is 14.0. The molecule has 166 valence electrons. The van der Waals surface area contributed by atoms with E-state index in [2.05, 4.69) is 21.2 Å². The zero-order valence-electron chi connectivity index (χ0n) is 17.7. The molecule has 3 aliphatic rings. The van der Waals surface area contributed by atoms with E-state index in [0.717, 1.165) is 17.0 Å². The zero-order valence-corrected chi connectivity index (χ0v) is 20.1. The van der Waals surface area contributed by atoms with Gasteiger partial charge >= 0.3 is 0 Å². The van der Waals surface area contributed by atoms with E-state index in [4.69, 9.17) is 0 Å².